The topological polar surface area (TPSA) is 59.9 Å². The second kappa shape index (κ2) is 8.54. The molecule has 0 fully saturated rings. The van der Waals surface area contributed by atoms with E-state index in [0.717, 1.165) is 29.8 Å². The summed E-state index contributed by atoms with van der Waals surface area (Å²) in [5.41, 5.74) is 2.58. The smallest absolute Gasteiger partial charge is 0.247 e. The number of aromatic nitrogens is 3. The summed E-state index contributed by atoms with van der Waals surface area (Å²) in [6.07, 6.45) is 6.00. The first-order valence-electron chi connectivity index (χ1n) is 8.95. The maximum absolute atomic E-state index is 6.16. The number of fused-ring (bicyclic) bond motifs is 3. The number of nitrogens with one attached hydrogen (secondary N) is 1. The van der Waals surface area contributed by atoms with Gasteiger partial charge >= 0.3 is 0 Å². The van der Waals surface area contributed by atoms with Gasteiger partial charge in [-0.3, -0.25) is 0 Å². The van der Waals surface area contributed by atoms with Crippen molar-refractivity contribution in [1.82, 2.24) is 15.2 Å². The SMILES string of the molecule is CCCCSc1nnc2c(n1)O[C@H](/C=C/c1cccs1)Nc1ccccc1-2. The normalized spacial score (nSPS) is 15.5. The first kappa shape index (κ1) is 18.0. The Balaban J connectivity index is 1.66. The minimum Gasteiger partial charge on any atom is -0.448 e. The van der Waals surface area contributed by atoms with Gasteiger partial charge in [0.25, 0.3) is 0 Å². The summed E-state index contributed by atoms with van der Waals surface area (Å²) in [7, 11) is 0. The maximum atomic E-state index is 6.16. The zero-order chi connectivity index (χ0) is 18.5. The molecular formula is C20H20N4OS2. The molecule has 0 amide bonds. The van der Waals surface area contributed by atoms with Gasteiger partial charge < -0.3 is 10.1 Å². The summed E-state index contributed by atoms with van der Waals surface area (Å²) in [6, 6.07) is 12.1. The lowest BCUT2D eigenvalue weighted by Gasteiger charge is -2.15. The van der Waals surface area contributed by atoms with E-state index in [1.165, 1.54) is 4.88 Å². The minimum absolute atomic E-state index is 0.334. The third kappa shape index (κ3) is 4.31. The average molecular weight is 397 g/mol. The lowest BCUT2D eigenvalue weighted by molar-refractivity contribution is 0.266. The van der Waals surface area contributed by atoms with E-state index in [-0.39, 0.29) is 6.23 Å². The van der Waals surface area contributed by atoms with Gasteiger partial charge in [0.2, 0.25) is 11.0 Å². The molecule has 4 rings (SSSR count). The van der Waals surface area contributed by atoms with Crippen LogP contribution in [0.2, 0.25) is 0 Å². The second-order valence-corrected chi connectivity index (χ2v) is 8.09. The van der Waals surface area contributed by atoms with Gasteiger partial charge in [-0.1, -0.05) is 49.4 Å². The van der Waals surface area contributed by atoms with Gasteiger partial charge in [-0.05, 0) is 36.1 Å². The Bertz CT molecular complexity index is 927. The van der Waals surface area contributed by atoms with E-state index in [1.54, 1.807) is 23.1 Å². The molecule has 0 bridgehead atoms. The van der Waals surface area contributed by atoms with E-state index in [9.17, 15) is 0 Å². The highest BCUT2D eigenvalue weighted by Crippen LogP contribution is 2.36. The number of hydrogen-bond acceptors (Lipinski definition) is 7. The Hall–Kier alpha value is -2.38. The number of thiophene rings is 1. The zero-order valence-corrected chi connectivity index (χ0v) is 16.6. The molecule has 27 heavy (non-hydrogen) atoms. The molecule has 2 aromatic heterocycles. The van der Waals surface area contributed by atoms with Crippen molar-refractivity contribution in [2.24, 2.45) is 0 Å². The van der Waals surface area contributed by atoms with Gasteiger partial charge in [0.15, 0.2) is 11.9 Å². The lowest BCUT2D eigenvalue weighted by Crippen LogP contribution is -2.23. The van der Waals surface area contributed by atoms with Crippen molar-refractivity contribution in [1.29, 1.82) is 0 Å². The van der Waals surface area contributed by atoms with Crippen molar-refractivity contribution in [2.45, 2.75) is 31.1 Å². The number of anilines is 1. The van der Waals surface area contributed by atoms with E-state index >= 15 is 0 Å². The molecule has 3 aromatic rings. The van der Waals surface area contributed by atoms with Crippen LogP contribution in [0.4, 0.5) is 5.69 Å². The van der Waals surface area contributed by atoms with Crippen LogP contribution in [0.15, 0.2) is 53.0 Å². The Morgan fingerprint density at radius 2 is 2.15 bits per heavy atom. The molecule has 1 aromatic carbocycles. The third-order valence-electron chi connectivity index (χ3n) is 4.06. The number of ether oxygens (including phenoxy) is 1. The highest BCUT2D eigenvalue weighted by Gasteiger charge is 2.23. The highest BCUT2D eigenvalue weighted by molar-refractivity contribution is 7.99. The molecule has 0 radical (unpaired) electrons. The van der Waals surface area contributed by atoms with Crippen LogP contribution in [0.1, 0.15) is 24.6 Å². The number of unbranched alkanes of at least 4 members (excludes halogenated alkanes) is 1. The van der Waals surface area contributed by atoms with Gasteiger partial charge in [0, 0.05) is 21.9 Å². The molecular weight excluding hydrogens is 376 g/mol. The number of para-hydroxylation sites is 1. The fourth-order valence-electron chi connectivity index (χ4n) is 2.69. The van der Waals surface area contributed by atoms with Crippen molar-refractivity contribution in [3.05, 3.63) is 52.7 Å². The van der Waals surface area contributed by atoms with Crippen LogP contribution in [-0.2, 0) is 0 Å². The van der Waals surface area contributed by atoms with Gasteiger partial charge in [-0.15, -0.1) is 21.5 Å². The molecule has 1 N–H and O–H groups in total. The van der Waals surface area contributed by atoms with Crippen LogP contribution in [0.3, 0.4) is 0 Å². The molecule has 0 saturated heterocycles. The quantitative estimate of drug-likeness (QED) is 0.448. The van der Waals surface area contributed by atoms with E-state index in [4.69, 9.17) is 4.74 Å². The average Bonchev–Trinajstić information content (AvgIpc) is 3.15. The predicted octanol–water partition coefficient (Wildman–Crippen LogP) is 5.34. The Labute approximate surface area is 166 Å². The predicted molar refractivity (Wildman–Crippen MR) is 112 cm³/mol. The van der Waals surface area contributed by atoms with Crippen LogP contribution in [0, 0.1) is 0 Å². The van der Waals surface area contributed by atoms with Crippen LogP contribution in [-0.4, -0.2) is 27.2 Å². The van der Waals surface area contributed by atoms with E-state index in [0.29, 0.717) is 16.7 Å². The molecule has 1 aliphatic heterocycles. The van der Waals surface area contributed by atoms with Gasteiger partial charge in [0.1, 0.15) is 0 Å². The molecule has 0 saturated carbocycles. The molecule has 0 spiro atoms. The van der Waals surface area contributed by atoms with Crippen molar-refractivity contribution in [3.63, 3.8) is 0 Å². The minimum atomic E-state index is -0.334. The van der Waals surface area contributed by atoms with Crippen molar-refractivity contribution >= 4 is 34.9 Å². The summed E-state index contributed by atoms with van der Waals surface area (Å²) in [4.78, 5) is 5.81. The Kier molecular flexibility index (Phi) is 5.69. The highest BCUT2D eigenvalue weighted by atomic mass is 32.2. The first-order chi connectivity index (χ1) is 13.3. The number of nitrogens with zero attached hydrogens (tertiary/aromatic N) is 3. The van der Waals surface area contributed by atoms with Crippen LogP contribution in [0.25, 0.3) is 17.3 Å². The summed E-state index contributed by atoms with van der Waals surface area (Å²) in [5, 5.41) is 14.9. The van der Waals surface area contributed by atoms with E-state index in [1.807, 2.05) is 36.4 Å². The fraction of sp³-hybridized carbons (Fsp3) is 0.250. The van der Waals surface area contributed by atoms with Gasteiger partial charge in [-0.25, -0.2) is 0 Å². The summed E-state index contributed by atoms with van der Waals surface area (Å²) in [5.74, 6) is 1.50. The second-order valence-electron chi connectivity index (χ2n) is 6.05. The third-order valence-corrected chi connectivity index (χ3v) is 5.82. The monoisotopic (exact) mass is 396 g/mol. The first-order valence-corrected chi connectivity index (χ1v) is 10.8. The van der Waals surface area contributed by atoms with Crippen molar-refractivity contribution < 1.29 is 4.74 Å². The Morgan fingerprint density at radius 1 is 1.22 bits per heavy atom. The summed E-state index contributed by atoms with van der Waals surface area (Å²) < 4.78 is 6.16. The fourth-order valence-corrected chi connectivity index (χ4v) is 4.18. The number of rotatable bonds is 6. The summed E-state index contributed by atoms with van der Waals surface area (Å²) >= 11 is 3.31. The molecule has 1 aliphatic rings. The largest absolute Gasteiger partial charge is 0.448 e. The van der Waals surface area contributed by atoms with Crippen LogP contribution < -0.4 is 10.1 Å². The zero-order valence-electron chi connectivity index (χ0n) is 15.0. The van der Waals surface area contributed by atoms with Gasteiger partial charge in [0.05, 0.1) is 0 Å². The molecule has 1 atom stereocenters. The number of benzene rings is 1. The number of thioether (sulfide) groups is 1. The van der Waals surface area contributed by atoms with E-state index < -0.39 is 0 Å². The lowest BCUT2D eigenvalue weighted by atomic mass is 10.1. The number of hydrogen-bond donors (Lipinski definition) is 1. The molecule has 5 nitrogen and oxygen atoms in total. The van der Waals surface area contributed by atoms with Crippen molar-refractivity contribution in [3.8, 4) is 17.1 Å². The molecule has 7 heteroatoms. The molecule has 0 unspecified atom stereocenters. The summed E-state index contributed by atoms with van der Waals surface area (Å²) in [6.45, 7) is 2.17. The van der Waals surface area contributed by atoms with Crippen LogP contribution in [0.5, 0.6) is 5.88 Å². The molecule has 138 valence electrons. The maximum Gasteiger partial charge on any atom is 0.247 e. The standard InChI is InChI=1S/C20H20N4OS2/c1-2-3-12-27-20-22-19-18(23-24-20)15-8-4-5-9-16(15)21-17(25-19)11-10-14-7-6-13-26-14/h4-11,13,17,21H,2-3,12H2,1H3/b11-10+/t17-/m1/s1. The molecule has 3 heterocycles. The van der Waals surface area contributed by atoms with E-state index in [2.05, 4.69) is 44.9 Å². The van der Waals surface area contributed by atoms with Gasteiger partial charge in [-0.2, -0.15) is 4.98 Å². The van der Waals surface area contributed by atoms with Crippen LogP contribution >= 0.6 is 23.1 Å². The van der Waals surface area contributed by atoms with Crippen molar-refractivity contribution in [2.75, 3.05) is 11.1 Å². The molecule has 0 aliphatic carbocycles. The Morgan fingerprint density at radius 3 is 3.00 bits per heavy atom.